The molecule has 1 saturated carbocycles. The molecule has 3 rings (SSSR count). The molecule has 2 N–H and O–H groups in total. The predicted molar refractivity (Wildman–Crippen MR) is 101 cm³/mol. The van der Waals surface area contributed by atoms with Crippen molar-refractivity contribution in [3.05, 3.63) is 69.7 Å². The average molecular weight is 375 g/mol. The van der Waals surface area contributed by atoms with Crippen LogP contribution in [-0.4, -0.2) is 17.9 Å². The molecule has 128 valence electrons. The number of hydrogen-bond acceptors (Lipinski definition) is 2. The van der Waals surface area contributed by atoms with Gasteiger partial charge in [0.05, 0.1) is 21.3 Å². The minimum atomic E-state index is -0.359. The molecule has 2 aromatic carbocycles. The molecule has 1 aliphatic carbocycles. The Labute approximate surface area is 155 Å². The summed E-state index contributed by atoms with van der Waals surface area (Å²) in [6.45, 7) is 0. The number of carbonyl (C=O) groups excluding carboxylic acids is 2. The van der Waals surface area contributed by atoms with Crippen molar-refractivity contribution in [1.82, 2.24) is 5.32 Å². The van der Waals surface area contributed by atoms with Crippen LogP contribution in [0.5, 0.6) is 0 Å². The van der Waals surface area contributed by atoms with Crippen LogP contribution in [-0.2, 0) is 4.79 Å². The normalized spacial score (nSPS) is 13.7. The van der Waals surface area contributed by atoms with Gasteiger partial charge >= 0.3 is 0 Å². The quantitative estimate of drug-likeness (QED) is 0.754. The lowest BCUT2D eigenvalue weighted by molar-refractivity contribution is -0.111. The summed E-state index contributed by atoms with van der Waals surface area (Å²) in [6, 6.07) is 12.3. The van der Waals surface area contributed by atoms with E-state index in [0.29, 0.717) is 26.9 Å². The van der Waals surface area contributed by atoms with Crippen LogP contribution >= 0.6 is 23.2 Å². The van der Waals surface area contributed by atoms with E-state index in [4.69, 9.17) is 23.2 Å². The summed E-state index contributed by atoms with van der Waals surface area (Å²) >= 11 is 12.0. The fraction of sp³-hybridized carbons (Fsp3) is 0.158. The van der Waals surface area contributed by atoms with Gasteiger partial charge in [0, 0.05) is 12.1 Å². The van der Waals surface area contributed by atoms with E-state index in [2.05, 4.69) is 10.6 Å². The van der Waals surface area contributed by atoms with Crippen molar-refractivity contribution in [1.29, 1.82) is 0 Å². The highest BCUT2D eigenvalue weighted by Gasteiger charge is 2.24. The van der Waals surface area contributed by atoms with Crippen LogP contribution in [0.25, 0.3) is 6.08 Å². The molecule has 0 heterocycles. The van der Waals surface area contributed by atoms with E-state index >= 15 is 0 Å². The van der Waals surface area contributed by atoms with E-state index in [9.17, 15) is 9.59 Å². The molecule has 0 aliphatic heterocycles. The lowest BCUT2D eigenvalue weighted by Crippen LogP contribution is -2.26. The maximum Gasteiger partial charge on any atom is 0.253 e. The first-order chi connectivity index (χ1) is 12.0. The maximum absolute atomic E-state index is 12.2. The molecule has 0 atom stereocenters. The van der Waals surface area contributed by atoms with Crippen molar-refractivity contribution in [3.8, 4) is 0 Å². The number of carbonyl (C=O) groups is 2. The Morgan fingerprint density at radius 2 is 1.80 bits per heavy atom. The van der Waals surface area contributed by atoms with Crippen LogP contribution in [0.1, 0.15) is 28.8 Å². The second kappa shape index (κ2) is 7.72. The van der Waals surface area contributed by atoms with Crippen molar-refractivity contribution >= 4 is 46.8 Å². The number of para-hydroxylation sites is 1. The Morgan fingerprint density at radius 3 is 2.56 bits per heavy atom. The molecular weight excluding hydrogens is 359 g/mol. The summed E-state index contributed by atoms with van der Waals surface area (Å²) in [5, 5.41) is 6.45. The average Bonchev–Trinajstić information content (AvgIpc) is 3.40. The molecule has 0 aromatic heterocycles. The van der Waals surface area contributed by atoms with E-state index in [-0.39, 0.29) is 17.9 Å². The number of hydrogen-bond donors (Lipinski definition) is 2. The van der Waals surface area contributed by atoms with Crippen molar-refractivity contribution in [2.45, 2.75) is 18.9 Å². The third-order valence-electron chi connectivity index (χ3n) is 3.74. The highest BCUT2D eigenvalue weighted by molar-refractivity contribution is 6.42. The molecular formula is C19H16Cl2N2O2. The smallest absolute Gasteiger partial charge is 0.253 e. The lowest BCUT2D eigenvalue weighted by atomic mass is 10.1. The van der Waals surface area contributed by atoms with Gasteiger partial charge in [-0.2, -0.15) is 0 Å². The SMILES string of the molecule is O=C(/C=C/c1cccc(Cl)c1Cl)Nc1ccccc1C(=O)NC1CC1. The Morgan fingerprint density at radius 1 is 1.04 bits per heavy atom. The molecule has 0 radical (unpaired) electrons. The standard InChI is InChI=1S/C19H16Cl2N2O2/c20-15-6-3-4-12(18(15)21)8-11-17(24)23-16-7-2-1-5-14(16)19(25)22-13-9-10-13/h1-8,11,13H,9-10H2,(H,22,25)(H,23,24)/b11-8+. The first kappa shape index (κ1) is 17.5. The van der Waals surface area contributed by atoms with Gasteiger partial charge in [0.25, 0.3) is 5.91 Å². The van der Waals surface area contributed by atoms with Crippen LogP contribution in [0.4, 0.5) is 5.69 Å². The zero-order valence-electron chi connectivity index (χ0n) is 13.3. The fourth-order valence-electron chi connectivity index (χ4n) is 2.27. The summed E-state index contributed by atoms with van der Waals surface area (Å²) in [5.41, 5.74) is 1.55. The van der Waals surface area contributed by atoms with Gasteiger partial charge < -0.3 is 10.6 Å². The number of nitrogens with one attached hydrogen (secondary N) is 2. The molecule has 2 aromatic rings. The van der Waals surface area contributed by atoms with Crippen LogP contribution < -0.4 is 10.6 Å². The minimum Gasteiger partial charge on any atom is -0.349 e. The van der Waals surface area contributed by atoms with Crippen LogP contribution in [0.15, 0.2) is 48.5 Å². The summed E-state index contributed by atoms with van der Waals surface area (Å²) in [5.74, 6) is -0.539. The number of halogens is 2. The summed E-state index contributed by atoms with van der Waals surface area (Å²) < 4.78 is 0. The molecule has 1 aliphatic rings. The Kier molecular flexibility index (Phi) is 5.41. The van der Waals surface area contributed by atoms with Gasteiger partial charge in [-0.25, -0.2) is 0 Å². The Bertz CT molecular complexity index is 845. The van der Waals surface area contributed by atoms with E-state index in [1.807, 2.05) is 0 Å². The van der Waals surface area contributed by atoms with Crippen LogP contribution in [0.3, 0.4) is 0 Å². The highest BCUT2D eigenvalue weighted by Crippen LogP contribution is 2.26. The molecule has 1 fully saturated rings. The number of benzene rings is 2. The van der Waals surface area contributed by atoms with Crippen molar-refractivity contribution in [3.63, 3.8) is 0 Å². The number of rotatable bonds is 5. The molecule has 0 saturated heterocycles. The minimum absolute atomic E-state index is 0.180. The van der Waals surface area contributed by atoms with Crippen LogP contribution in [0, 0.1) is 0 Å². The molecule has 0 unspecified atom stereocenters. The molecule has 25 heavy (non-hydrogen) atoms. The monoisotopic (exact) mass is 374 g/mol. The Balaban J connectivity index is 1.71. The zero-order chi connectivity index (χ0) is 17.8. The molecule has 6 heteroatoms. The van der Waals surface area contributed by atoms with Crippen molar-refractivity contribution < 1.29 is 9.59 Å². The topological polar surface area (TPSA) is 58.2 Å². The molecule has 2 amide bonds. The molecule has 0 bridgehead atoms. The third-order valence-corrected chi connectivity index (χ3v) is 4.57. The summed E-state index contributed by atoms with van der Waals surface area (Å²) in [7, 11) is 0. The second-order valence-corrected chi connectivity index (χ2v) is 6.54. The van der Waals surface area contributed by atoms with Gasteiger partial charge in [-0.1, -0.05) is 47.5 Å². The predicted octanol–water partition coefficient (Wildman–Crippen LogP) is 4.54. The van der Waals surface area contributed by atoms with Gasteiger partial charge in [-0.15, -0.1) is 0 Å². The van der Waals surface area contributed by atoms with Gasteiger partial charge in [-0.3, -0.25) is 9.59 Å². The lowest BCUT2D eigenvalue weighted by Gasteiger charge is -2.10. The van der Waals surface area contributed by atoms with Gasteiger partial charge in [0.2, 0.25) is 5.91 Å². The Hall–Kier alpha value is -2.30. The van der Waals surface area contributed by atoms with E-state index in [0.717, 1.165) is 12.8 Å². The summed E-state index contributed by atoms with van der Waals surface area (Å²) in [6.07, 6.45) is 4.94. The maximum atomic E-state index is 12.2. The molecule has 4 nitrogen and oxygen atoms in total. The second-order valence-electron chi connectivity index (χ2n) is 5.76. The number of amides is 2. The first-order valence-corrected chi connectivity index (χ1v) is 8.63. The first-order valence-electron chi connectivity index (χ1n) is 7.87. The fourth-order valence-corrected chi connectivity index (χ4v) is 2.64. The van der Waals surface area contributed by atoms with E-state index in [1.54, 1.807) is 48.5 Å². The zero-order valence-corrected chi connectivity index (χ0v) is 14.8. The van der Waals surface area contributed by atoms with Crippen molar-refractivity contribution in [2.75, 3.05) is 5.32 Å². The van der Waals surface area contributed by atoms with Gasteiger partial charge in [-0.05, 0) is 42.7 Å². The van der Waals surface area contributed by atoms with Gasteiger partial charge in [0.15, 0.2) is 0 Å². The molecule has 0 spiro atoms. The van der Waals surface area contributed by atoms with Gasteiger partial charge in [0.1, 0.15) is 0 Å². The van der Waals surface area contributed by atoms with E-state index in [1.165, 1.54) is 6.08 Å². The number of anilines is 1. The third kappa shape index (κ3) is 4.62. The van der Waals surface area contributed by atoms with Crippen LogP contribution in [0.2, 0.25) is 10.0 Å². The van der Waals surface area contributed by atoms with Crippen molar-refractivity contribution in [2.24, 2.45) is 0 Å². The summed E-state index contributed by atoms with van der Waals surface area (Å²) in [4.78, 5) is 24.4. The highest BCUT2D eigenvalue weighted by atomic mass is 35.5. The largest absolute Gasteiger partial charge is 0.349 e. The van der Waals surface area contributed by atoms with E-state index < -0.39 is 0 Å².